The fourth-order valence-corrected chi connectivity index (χ4v) is 5.32. The molecule has 2 unspecified atom stereocenters. The van der Waals surface area contributed by atoms with Crippen LogP contribution >= 0.6 is 0 Å². The zero-order chi connectivity index (χ0) is 42.5. The molecule has 0 aromatic heterocycles. The van der Waals surface area contributed by atoms with Crippen LogP contribution in [0, 0.1) is 11.8 Å². The van der Waals surface area contributed by atoms with Crippen molar-refractivity contribution in [3.05, 3.63) is 73.8 Å². The van der Waals surface area contributed by atoms with Crippen LogP contribution in [0.4, 0.5) is 0 Å². The van der Waals surface area contributed by atoms with E-state index in [1.807, 2.05) is 0 Å². The molecule has 1 fully saturated rings. The maximum Gasteiger partial charge on any atom is 0.330 e. The van der Waals surface area contributed by atoms with Gasteiger partial charge in [0.2, 0.25) is 0 Å². The summed E-state index contributed by atoms with van der Waals surface area (Å²) in [6.07, 6.45) is 2.51. The van der Waals surface area contributed by atoms with Gasteiger partial charge in [0.25, 0.3) is 0 Å². The average Bonchev–Trinajstić information content (AvgIpc) is 3.20. The molecule has 0 radical (unpaired) electrons. The molecule has 58 heavy (non-hydrogen) atoms. The number of hydrogen-bond acceptors (Lipinski definition) is 16. The van der Waals surface area contributed by atoms with Gasteiger partial charge in [0.05, 0.1) is 50.7 Å². The largest absolute Gasteiger partial charge is 0.466 e. The van der Waals surface area contributed by atoms with Gasteiger partial charge in [-0.25, -0.2) is 9.59 Å². The molecular weight excluding hydrogens is 760 g/mol. The van der Waals surface area contributed by atoms with Crippen molar-refractivity contribution in [2.45, 2.75) is 90.3 Å². The second kappa shape index (κ2) is 24.3. The first-order valence-corrected chi connectivity index (χ1v) is 18.8. The molecule has 0 saturated heterocycles. The quantitative estimate of drug-likeness (QED) is 0.0624. The third-order valence-corrected chi connectivity index (χ3v) is 8.55. The van der Waals surface area contributed by atoms with Gasteiger partial charge in [-0.1, -0.05) is 13.2 Å². The topological polar surface area (TPSA) is 210 Å². The molecule has 0 spiro atoms. The maximum atomic E-state index is 12.8. The number of benzene rings is 2. The van der Waals surface area contributed by atoms with Crippen LogP contribution in [-0.4, -0.2) is 73.2 Å². The summed E-state index contributed by atoms with van der Waals surface area (Å²) in [6, 6.07) is 11.7. The summed E-state index contributed by atoms with van der Waals surface area (Å²) in [5, 5.41) is 0. The van der Waals surface area contributed by atoms with Crippen molar-refractivity contribution in [2.75, 3.05) is 13.2 Å². The summed E-state index contributed by atoms with van der Waals surface area (Å²) in [5.41, 5.74) is 0. The van der Waals surface area contributed by atoms with Crippen LogP contribution in [0.2, 0.25) is 0 Å². The Kier molecular flexibility index (Phi) is 19.3. The molecule has 312 valence electrons. The smallest absolute Gasteiger partial charge is 0.330 e. The number of esters is 8. The molecule has 16 heteroatoms. The molecule has 0 N–H and O–H groups in total. The summed E-state index contributed by atoms with van der Waals surface area (Å²) in [6.45, 7) is 9.94. The average molecular weight is 809 g/mol. The van der Waals surface area contributed by atoms with Crippen molar-refractivity contribution >= 4 is 47.8 Å². The van der Waals surface area contributed by atoms with E-state index < -0.39 is 71.8 Å². The minimum absolute atomic E-state index is 0.0148. The van der Waals surface area contributed by atoms with Crippen LogP contribution in [0.15, 0.2) is 73.8 Å². The predicted molar refractivity (Wildman–Crippen MR) is 202 cm³/mol. The Morgan fingerprint density at radius 3 is 1.12 bits per heavy atom. The van der Waals surface area contributed by atoms with Gasteiger partial charge in [0.1, 0.15) is 35.2 Å². The highest BCUT2D eigenvalue weighted by Crippen LogP contribution is 2.32. The van der Waals surface area contributed by atoms with Gasteiger partial charge in [-0.2, -0.15) is 0 Å². The van der Waals surface area contributed by atoms with E-state index in [1.165, 1.54) is 48.5 Å². The minimum Gasteiger partial charge on any atom is -0.466 e. The molecule has 0 aliphatic heterocycles. The van der Waals surface area contributed by atoms with E-state index in [0.29, 0.717) is 25.7 Å². The van der Waals surface area contributed by atoms with Gasteiger partial charge in [-0.15, -0.1) is 0 Å². The Hall–Kier alpha value is -6.32. The number of carbonyl (C=O) groups is 8. The van der Waals surface area contributed by atoms with Crippen LogP contribution in [0.3, 0.4) is 0 Å². The molecule has 2 aromatic carbocycles. The van der Waals surface area contributed by atoms with Crippen molar-refractivity contribution in [3.63, 3.8) is 0 Å². The standard InChI is InChI=1S/C42H48O16/c1-5-35(43)53-27(3)23-25-51-37(45)19-21-39(47)55-31-11-15-33(16-12-31)57-41(49)29-7-9-30(10-8-29)42(50)58-34-17-13-32(14-18-34)56-40(48)22-20-38(46)52-26-24-28(4)54-36(44)6-2/h5-6,11-18,27-30H,1-2,7-10,19-26H2,3-4H3. The fraction of sp³-hybridized carbons (Fsp3) is 0.429. The highest BCUT2D eigenvalue weighted by molar-refractivity contribution is 5.82. The van der Waals surface area contributed by atoms with E-state index in [-0.39, 0.29) is 74.7 Å². The van der Waals surface area contributed by atoms with Crippen LogP contribution in [-0.2, 0) is 57.3 Å². The van der Waals surface area contributed by atoms with Crippen molar-refractivity contribution in [3.8, 4) is 23.0 Å². The van der Waals surface area contributed by atoms with E-state index in [0.717, 1.165) is 12.2 Å². The lowest BCUT2D eigenvalue weighted by atomic mass is 9.82. The lowest BCUT2D eigenvalue weighted by Gasteiger charge is -2.25. The number of hydrogen-bond donors (Lipinski definition) is 0. The Labute approximate surface area is 335 Å². The highest BCUT2D eigenvalue weighted by Gasteiger charge is 2.32. The van der Waals surface area contributed by atoms with Crippen molar-refractivity contribution in [2.24, 2.45) is 11.8 Å². The molecule has 2 aromatic rings. The highest BCUT2D eigenvalue weighted by atomic mass is 16.6. The third kappa shape index (κ3) is 17.6. The minimum atomic E-state index is -0.660. The van der Waals surface area contributed by atoms with Crippen molar-refractivity contribution < 1.29 is 76.3 Å². The first-order chi connectivity index (χ1) is 27.7. The number of carbonyl (C=O) groups excluding carboxylic acids is 8. The van der Waals surface area contributed by atoms with Crippen molar-refractivity contribution in [1.29, 1.82) is 0 Å². The number of rotatable bonds is 22. The van der Waals surface area contributed by atoms with Crippen LogP contribution in [0.1, 0.15) is 78.1 Å². The summed E-state index contributed by atoms with van der Waals surface area (Å²) in [7, 11) is 0. The molecular formula is C42H48O16. The summed E-state index contributed by atoms with van der Waals surface area (Å²) in [5.74, 6) is -4.59. The zero-order valence-electron chi connectivity index (χ0n) is 32.5. The second-order valence-electron chi connectivity index (χ2n) is 13.2. The Morgan fingerprint density at radius 2 is 0.810 bits per heavy atom. The molecule has 0 bridgehead atoms. The lowest BCUT2D eigenvalue weighted by molar-refractivity contribution is -0.149. The normalized spacial score (nSPS) is 15.6. The van der Waals surface area contributed by atoms with Gasteiger partial charge in [0, 0.05) is 25.0 Å². The van der Waals surface area contributed by atoms with Gasteiger partial charge in [0.15, 0.2) is 0 Å². The Bertz CT molecular complexity index is 1630. The Morgan fingerprint density at radius 1 is 0.517 bits per heavy atom. The SMILES string of the molecule is C=CC(=O)OC(C)CCOC(=O)CCC(=O)Oc1ccc(OC(=O)C2CCC(C(=O)Oc3ccc(OC(=O)CCC(=O)OCCC(C)OC(=O)C=C)cc3)CC2)cc1. The van der Waals surface area contributed by atoms with E-state index in [1.54, 1.807) is 13.8 Å². The van der Waals surface area contributed by atoms with Gasteiger partial charge < -0.3 is 37.9 Å². The van der Waals surface area contributed by atoms with E-state index in [9.17, 15) is 38.4 Å². The van der Waals surface area contributed by atoms with Crippen LogP contribution in [0.5, 0.6) is 23.0 Å². The lowest BCUT2D eigenvalue weighted by Crippen LogP contribution is -2.30. The Balaban J connectivity index is 1.30. The summed E-state index contributed by atoms with van der Waals surface area (Å²) >= 11 is 0. The fourth-order valence-electron chi connectivity index (χ4n) is 5.32. The first kappa shape index (κ1) is 46.1. The monoisotopic (exact) mass is 808 g/mol. The zero-order valence-corrected chi connectivity index (χ0v) is 32.5. The summed E-state index contributed by atoms with van der Waals surface area (Å²) < 4.78 is 41.5. The molecule has 1 aliphatic carbocycles. The molecule has 0 amide bonds. The van der Waals surface area contributed by atoms with Gasteiger partial charge >= 0.3 is 47.8 Å². The second-order valence-corrected chi connectivity index (χ2v) is 13.2. The molecule has 1 aliphatic rings. The molecule has 2 atom stereocenters. The molecule has 16 nitrogen and oxygen atoms in total. The first-order valence-electron chi connectivity index (χ1n) is 18.8. The maximum absolute atomic E-state index is 12.8. The van der Waals surface area contributed by atoms with Crippen LogP contribution < -0.4 is 18.9 Å². The van der Waals surface area contributed by atoms with Crippen LogP contribution in [0.25, 0.3) is 0 Å². The van der Waals surface area contributed by atoms with Crippen molar-refractivity contribution in [1.82, 2.24) is 0 Å². The number of ether oxygens (including phenoxy) is 8. The predicted octanol–water partition coefficient (Wildman–Crippen LogP) is 5.48. The molecule has 1 saturated carbocycles. The summed E-state index contributed by atoms with van der Waals surface area (Å²) in [4.78, 5) is 96.2. The third-order valence-electron chi connectivity index (χ3n) is 8.55. The van der Waals surface area contributed by atoms with Gasteiger partial charge in [-0.05, 0) is 88.1 Å². The van der Waals surface area contributed by atoms with E-state index in [4.69, 9.17) is 37.9 Å². The molecule has 3 rings (SSSR count). The molecule has 0 heterocycles. The van der Waals surface area contributed by atoms with Gasteiger partial charge in [-0.3, -0.25) is 28.8 Å². The van der Waals surface area contributed by atoms with E-state index in [2.05, 4.69) is 13.2 Å². The van der Waals surface area contributed by atoms with E-state index >= 15 is 0 Å².